The van der Waals surface area contributed by atoms with Gasteiger partial charge in [-0.05, 0) is 25.1 Å². The van der Waals surface area contributed by atoms with E-state index in [4.69, 9.17) is 10.5 Å². The Hall–Kier alpha value is -2.50. The minimum absolute atomic E-state index is 0.0583. The largest absolute Gasteiger partial charge is 0.465 e. The number of rotatable bonds is 5. The van der Waals surface area contributed by atoms with Gasteiger partial charge in [0.25, 0.3) is 0 Å². The third-order valence-corrected chi connectivity index (χ3v) is 2.91. The molecule has 20 heavy (non-hydrogen) atoms. The Balaban J connectivity index is 2.17. The molecule has 1 heterocycles. The molecule has 0 aliphatic heterocycles. The summed E-state index contributed by atoms with van der Waals surface area (Å²) in [4.78, 5) is 11.7. The number of nitrogens with zero attached hydrogens (tertiary/aromatic N) is 2. The molecule has 1 atom stereocenters. The highest BCUT2D eigenvalue weighted by Gasteiger charge is 2.16. The Labute approximate surface area is 117 Å². The van der Waals surface area contributed by atoms with Gasteiger partial charge in [0.05, 0.1) is 30.6 Å². The number of nitrogen functional groups attached to an aromatic ring is 1. The topological polar surface area (TPSA) is 82.2 Å². The number of aromatic nitrogens is 2. The van der Waals surface area contributed by atoms with Gasteiger partial charge in [-0.1, -0.05) is 6.07 Å². The molecule has 106 valence electrons. The fourth-order valence-corrected chi connectivity index (χ4v) is 1.99. The molecule has 0 saturated carbocycles. The quantitative estimate of drug-likeness (QED) is 0.641. The number of nitrogens with one attached hydrogen (secondary N) is 1. The van der Waals surface area contributed by atoms with Crippen LogP contribution in [0.15, 0.2) is 36.7 Å². The minimum Gasteiger partial charge on any atom is -0.465 e. The number of ether oxygens (including phenoxy) is 1. The summed E-state index contributed by atoms with van der Waals surface area (Å²) in [6, 6.07) is 7.08. The molecular weight excluding hydrogens is 256 g/mol. The van der Waals surface area contributed by atoms with Gasteiger partial charge in [0.15, 0.2) is 0 Å². The molecule has 6 heteroatoms. The van der Waals surface area contributed by atoms with E-state index in [0.29, 0.717) is 23.5 Å². The molecule has 1 aromatic carbocycles. The molecule has 0 saturated heterocycles. The van der Waals surface area contributed by atoms with Crippen molar-refractivity contribution in [2.45, 2.75) is 19.5 Å². The number of anilines is 2. The highest BCUT2D eigenvalue weighted by atomic mass is 16.5. The molecule has 0 amide bonds. The monoisotopic (exact) mass is 274 g/mol. The number of methoxy groups -OCH3 is 1. The van der Waals surface area contributed by atoms with Gasteiger partial charge in [0.2, 0.25) is 0 Å². The van der Waals surface area contributed by atoms with E-state index in [2.05, 4.69) is 10.4 Å². The number of carbonyl (C=O) groups is 1. The van der Waals surface area contributed by atoms with Crippen LogP contribution in [0.4, 0.5) is 11.4 Å². The molecule has 1 unspecified atom stereocenters. The van der Waals surface area contributed by atoms with Crippen LogP contribution in [0.5, 0.6) is 0 Å². The summed E-state index contributed by atoms with van der Waals surface area (Å²) in [5.41, 5.74) is 7.48. The van der Waals surface area contributed by atoms with Crippen molar-refractivity contribution in [1.82, 2.24) is 9.78 Å². The van der Waals surface area contributed by atoms with Crippen LogP contribution in [-0.4, -0.2) is 28.9 Å². The minimum atomic E-state index is -0.411. The predicted molar refractivity (Wildman–Crippen MR) is 77.5 cm³/mol. The standard InChI is InChI=1S/C14H18N4O2/c1-10(9-18-8-4-7-16-18)17-13-11(14(19)20-2)5-3-6-12(13)15/h3-8,10,17H,9,15H2,1-2H3. The fourth-order valence-electron chi connectivity index (χ4n) is 1.99. The Kier molecular flexibility index (Phi) is 4.24. The second-order valence-electron chi connectivity index (χ2n) is 4.53. The van der Waals surface area contributed by atoms with Crippen LogP contribution in [0.3, 0.4) is 0 Å². The second kappa shape index (κ2) is 6.10. The zero-order valence-electron chi connectivity index (χ0n) is 11.5. The lowest BCUT2D eigenvalue weighted by molar-refractivity contribution is 0.0602. The highest BCUT2D eigenvalue weighted by molar-refractivity contribution is 5.98. The van der Waals surface area contributed by atoms with Gasteiger partial charge >= 0.3 is 5.97 Å². The maximum absolute atomic E-state index is 11.7. The molecule has 0 radical (unpaired) electrons. The first-order valence-electron chi connectivity index (χ1n) is 6.32. The van der Waals surface area contributed by atoms with Gasteiger partial charge in [0, 0.05) is 18.4 Å². The van der Waals surface area contributed by atoms with E-state index in [1.807, 2.05) is 23.9 Å². The molecular formula is C14H18N4O2. The van der Waals surface area contributed by atoms with Crippen molar-refractivity contribution in [3.05, 3.63) is 42.2 Å². The maximum atomic E-state index is 11.7. The number of hydrogen-bond donors (Lipinski definition) is 2. The smallest absolute Gasteiger partial charge is 0.340 e. The molecule has 0 aliphatic carbocycles. The number of nitrogens with two attached hydrogens (primary N) is 1. The lowest BCUT2D eigenvalue weighted by Crippen LogP contribution is -2.24. The number of esters is 1. The average molecular weight is 274 g/mol. The van der Waals surface area contributed by atoms with Crippen molar-refractivity contribution in [2.24, 2.45) is 0 Å². The molecule has 1 aromatic heterocycles. The maximum Gasteiger partial charge on any atom is 0.340 e. The third kappa shape index (κ3) is 3.09. The summed E-state index contributed by atoms with van der Waals surface area (Å²) in [7, 11) is 1.35. The van der Waals surface area contributed by atoms with Crippen molar-refractivity contribution >= 4 is 17.3 Å². The Morgan fingerprint density at radius 2 is 2.30 bits per heavy atom. The normalized spacial score (nSPS) is 11.9. The van der Waals surface area contributed by atoms with Gasteiger partial charge in [-0.2, -0.15) is 5.10 Å². The summed E-state index contributed by atoms with van der Waals surface area (Å²) in [5.74, 6) is -0.411. The Morgan fingerprint density at radius 3 is 2.95 bits per heavy atom. The van der Waals surface area contributed by atoms with E-state index in [1.54, 1.807) is 24.4 Å². The lowest BCUT2D eigenvalue weighted by Gasteiger charge is -2.19. The summed E-state index contributed by atoms with van der Waals surface area (Å²) >= 11 is 0. The predicted octanol–water partition coefficient (Wildman–Crippen LogP) is 1.75. The van der Waals surface area contributed by atoms with Gasteiger partial charge < -0.3 is 15.8 Å². The van der Waals surface area contributed by atoms with E-state index in [1.165, 1.54) is 7.11 Å². The molecule has 3 N–H and O–H groups in total. The van der Waals surface area contributed by atoms with Crippen LogP contribution in [0.1, 0.15) is 17.3 Å². The van der Waals surface area contributed by atoms with Gasteiger partial charge in [0.1, 0.15) is 0 Å². The highest BCUT2D eigenvalue weighted by Crippen LogP contribution is 2.25. The Bertz CT molecular complexity index is 581. The van der Waals surface area contributed by atoms with E-state index in [-0.39, 0.29) is 6.04 Å². The first-order valence-corrected chi connectivity index (χ1v) is 6.32. The Morgan fingerprint density at radius 1 is 1.50 bits per heavy atom. The lowest BCUT2D eigenvalue weighted by atomic mass is 10.1. The summed E-state index contributed by atoms with van der Waals surface area (Å²) < 4.78 is 6.58. The number of benzene rings is 1. The van der Waals surface area contributed by atoms with Crippen molar-refractivity contribution < 1.29 is 9.53 Å². The van der Waals surface area contributed by atoms with Crippen LogP contribution in [0, 0.1) is 0 Å². The van der Waals surface area contributed by atoms with Gasteiger partial charge in [-0.3, -0.25) is 4.68 Å². The number of hydrogen-bond acceptors (Lipinski definition) is 5. The summed E-state index contributed by atoms with van der Waals surface area (Å²) in [6.07, 6.45) is 3.61. The first-order chi connectivity index (χ1) is 9.61. The zero-order valence-corrected chi connectivity index (χ0v) is 11.5. The van der Waals surface area contributed by atoms with Crippen molar-refractivity contribution in [2.75, 3.05) is 18.2 Å². The average Bonchev–Trinajstić information content (AvgIpc) is 2.93. The van der Waals surface area contributed by atoms with Crippen LogP contribution in [0.25, 0.3) is 0 Å². The van der Waals surface area contributed by atoms with E-state index >= 15 is 0 Å². The van der Waals surface area contributed by atoms with Crippen LogP contribution < -0.4 is 11.1 Å². The van der Waals surface area contributed by atoms with E-state index in [9.17, 15) is 4.79 Å². The van der Waals surface area contributed by atoms with E-state index in [0.717, 1.165) is 0 Å². The van der Waals surface area contributed by atoms with Crippen LogP contribution >= 0.6 is 0 Å². The summed E-state index contributed by atoms with van der Waals surface area (Å²) in [5, 5.41) is 7.39. The van der Waals surface area contributed by atoms with Crippen molar-refractivity contribution in [3.63, 3.8) is 0 Å². The van der Waals surface area contributed by atoms with Crippen LogP contribution in [0.2, 0.25) is 0 Å². The van der Waals surface area contributed by atoms with Crippen molar-refractivity contribution in [3.8, 4) is 0 Å². The number of para-hydroxylation sites is 1. The number of carbonyl (C=O) groups excluding carboxylic acids is 1. The molecule has 6 nitrogen and oxygen atoms in total. The van der Waals surface area contributed by atoms with Crippen molar-refractivity contribution in [1.29, 1.82) is 0 Å². The summed E-state index contributed by atoms with van der Waals surface area (Å²) in [6.45, 7) is 2.66. The fraction of sp³-hybridized carbons (Fsp3) is 0.286. The first kappa shape index (κ1) is 13.9. The second-order valence-corrected chi connectivity index (χ2v) is 4.53. The van der Waals surface area contributed by atoms with E-state index < -0.39 is 5.97 Å². The SMILES string of the molecule is COC(=O)c1cccc(N)c1NC(C)Cn1cccn1. The molecule has 0 bridgehead atoms. The van der Waals surface area contributed by atoms with Gasteiger partial charge in [-0.15, -0.1) is 0 Å². The van der Waals surface area contributed by atoms with Gasteiger partial charge in [-0.25, -0.2) is 4.79 Å². The van der Waals surface area contributed by atoms with Crippen LogP contribution in [-0.2, 0) is 11.3 Å². The molecule has 2 rings (SSSR count). The molecule has 0 fully saturated rings. The molecule has 0 spiro atoms. The molecule has 0 aliphatic rings. The molecule has 2 aromatic rings. The third-order valence-electron chi connectivity index (χ3n) is 2.91. The zero-order chi connectivity index (χ0) is 14.5.